The molecule has 0 amide bonds. The van der Waals surface area contributed by atoms with Crippen molar-refractivity contribution < 1.29 is 28.4 Å². The molecular formula is C38H74N2O6. The third-order valence-electron chi connectivity index (χ3n) is 8.96. The molecule has 8 heteroatoms. The standard InChI is InChI=1S/C22H39NO3.C16H35NO3/c1-24-22(25-2,26-3)19-15-10-8-6-4-5-7-9-11-16-20-23-21-17-13-12-14-18-21;1-5-6-7-8-9-10-12-15(13-11-14-17)16(18-2,19-3)20-4/h12-14,17-18,23H,4-11,15-16,19-20H2,1-3H3;15H,5-14,17H2,1-4H3. The fourth-order valence-corrected chi connectivity index (χ4v) is 6.01. The lowest BCUT2D eigenvalue weighted by atomic mass is 9.93. The minimum absolute atomic E-state index is 0.234. The van der Waals surface area contributed by atoms with Gasteiger partial charge in [0.2, 0.25) is 0 Å². The van der Waals surface area contributed by atoms with Crippen molar-refractivity contribution in [3.8, 4) is 0 Å². The zero-order chi connectivity index (χ0) is 34.2. The van der Waals surface area contributed by atoms with Crippen molar-refractivity contribution in [3.05, 3.63) is 30.3 Å². The van der Waals surface area contributed by atoms with Crippen LogP contribution in [0.1, 0.15) is 135 Å². The number of hydrogen-bond donors (Lipinski definition) is 2. The van der Waals surface area contributed by atoms with E-state index in [0.29, 0.717) is 6.54 Å². The normalized spacial score (nSPS) is 12.5. The molecule has 1 unspecified atom stereocenters. The van der Waals surface area contributed by atoms with Crippen LogP contribution in [0.15, 0.2) is 30.3 Å². The van der Waals surface area contributed by atoms with Crippen molar-refractivity contribution >= 4 is 5.69 Å². The Labute approximate surface area is 284 Å². The fraction of sp³-hybridized carbons (Fsp3) is 0.842. The Hall–Kier alpha value is -1.26. The van der Waals surface area contributed by atoms with Crippen LogP contribution < -0.4 is 11.1 Å². The van der Waals surface area contributed by atoms with Crippen LogP contribution in [0.2, 0.25) is 0 Å². The number of hydrogen-bond acceptors (Lipinski definition) is 8. The maximum Gasteiger partial charge on any atom is 0.285 e. The minimum atomic E-state index is -0.918. The van der Waals surface area contributed by atoms with E-state index in [-0.39, 0.29) is 5.92 Å². The topological polar surface area (TPSA) is 93.4 Å². The van der Waals surface area contributed by atoms with E-state index in [0.717, 1.165) is 38.6 Å². The molecule has 1 aromatic rings. The number of unbranched alkanes of at least 4 members (excludes halogenated alkanes) is 14. The van der Waals surface area contributed by atoms with Crippen LogP contribution in [-0.2, 0) is 28.4 Å². The molecule has 0 saturated heterocycles. The first-order chi connectivity index (χ1) is 22.5. The Morgan fingerprint density at radius 3 is 1.50 bits per heavy atom. The molecule has 0 aliphatic carbocycles. The molecule has 0 aromatic heterocycles. The first-order valence-corrected chi connectivity index (χ1v) is 18.3. The molecule has 1 aromatic carbocycles. The number of anilines is 1. The summed E-state index contributed by atoms with van der Waals surface area (Å²) < 4.78 is 32.5. The zero-order valence-corrected chi connectivity index (χ0v) is 31.0. The highest BCUT2D eigenvalue weighted by Gasteiger charge is 2.39. The Morgan fingerprint density at radius 1 is 0.565 bits per heavy atom. The Bertz CT molecular complexity index is 729. The molecule has 0 spiro atoms. The lowest BCUT2D eigenvalue weighted by Crippen LogP contribution is -2.44. The molecule has 0 bridgehead atoms. The Balaban J connectivity index is 0.000000914. The van der Waals surface area contributed by atoms with Crippen LogP contribution in [0.5, 0.6) is 0 Å². The Kier molecular flexibility index (Phi) is 30.2. The second kappa shape index (κ2) is 31.0. The highest BCUT2D eigenvalue weighted by Crippen LogP contribution is 2.32. The van der Waals surface area contributed by atoms with E-state index in [1.807, 2.05) is 0 Å². The van der Waals surface area contributed by atoms with E-state index >= 15 is 0 Å². The molecule has 0 aliphatic rings. The largest absolute Gasteiger partial charge is 0.385 e. The van der Waals surface area contributed by atoms with Crippen molar-refractivity contribution in [1.29, 1.82) is 0 Å². The highest BCUT2D eigenvalue weighted by atomic mass is 16.9. The van der Waals surface area contributed by atoms with Gasteiger partial charge in [-0.3, -0.25) is 0 Å². The van der Waals surface area contributed by atoms with Crippen molar-refractivity contribution in [2.45, 2.75) is 147 Å². The number of methoxy groups -OCH3 is 6. The average Bonchev–Trinajstić information content (AvgIpc) is 3.10. The zero-order valence-electron chi connectivity index (χ0n) is 31.0. The quantitative estimate of drug-likeness (QED) is 0.0604. The summed E-state index contributed by atoms with van der Waals surface area (Å²) in [4.78, 5) is 0. The molecule has 0 saturated carbocycles. The van der Waals surface area contributed by atoms with Crippen LogP contribution in [-0.4, -0.2) is 67.7 Å². The predicted octanol–water partition coefficient (Wildman–Crippen LogP) is 9.67. The number of ether oxygens (including phenoxy) is 6. The Morgan fingerprint density at radius 2 is 1.02 bits per heavy atom. The van der Waals surface area contributed by atoms with Gasteiger partial charge in [-0.1, -0.05) is 115 Å². The summed E-state index contributed by atoms with van der Waals surface area (Å²) in [7, 11) is 9.82. The number of nitrogens with one attached hydrogen (secondary N) is 1. The smallest absolute Gasteiger partial charge is 0.285 e. The molecule has 272 valence electrons. The number of nitrogens with two attached hydrogens (primary N) is 1. The predicted molar refractivity (Wildman–Crippen MR) is 193 cm³/mol. The third kappa shape index (κ3) is 20.9. The van der Waals surface area contributed by atoms with Gasteiger partial charge in [0.25, 0.3) is 11.9 Å². The van der Waals surface area contributed by atoms with E-state index in [9.17, 15) is 0 Å². The minimum Gasteiger partial charge on any atom is -0.385 e. The highest BCUT2D eigenvalue weighted by molar-refractivity contribution is 5.42. The maximum absolute atomic E-state index is 5.63. The first-order valence-electron chi connectivity index (χ1n) is 18.3. The second-order valence-corrected chi connectivity index (χ2v) is 12.3. The summed E-state index contributed by atoms with van der Waals surface area (Å²) in [5, 5.41) is 3.47. The molecule has 1 rings (SSSR count). The van der Waals surface area contributed by atoms with E-state index in [1.54, 1.807) is 42.7 Å². The van der Waals surface area contributed by atoms with Gasteiger partial charge >= 0.3 is 0 Å². The van der Waals surface area contributed by atoms with Gasteiger partial charge in [-0.05, 0) is 50.8 Å². The van der Waals surface area contributed by atoms with Gasteiger partial charge in [-0.2, -0.15) is 0 Å². The van der Waals surface area contributed by atoms with Crippen LogP contribution in [0.25, 0.3) is 0 Å². The van der Waals surface area contributed by atoms with Gasteiger partial charge in [-0.25, -0.2) is 0 Å². The van der Waals surface area contributed by atoms with Crippen LogP contribution >= 0.6 is 0 Å². The van der Waals surface area contributed by atoms with Crippen LogP contribution in [0, 0.1) is 5.92 Å². The summed E-state index contributed by atoms with van der Waals surface area (Å²) in [6.45, 7) is 4.02. The molecule has 1 atom stereocenters. The molecular weight excluding hydrogens is 580 g/mol. The van der Waals surface area contributed by atoms with Gasteiger partial charge in [0, 0.05) is 67.2 Å². The lowest BCUT2D eigenvalue weighted by Gasteiger charge is -2.36. The SMILES string of the molecule is CCCCCCCCC(CCCN)C(OC)(OC)OC.COC(CCCCCCCCCCCCNc1ccccc1)(OC)OC. The summed E-state index contributed by atoms with van der Waals surface area (Å²) in [6, 6.07) is 10.5. The van der Waals surface area contributed by atoms with E-state index in [1.165, 1.54) is 102 Å². The van der Waals surface area contributed by atoms with Gasteiger partial charge in [0.05, 0.1) is 0 Å². The van der Waals surface area contributed by atoms with E-state index in [4.69, 9.17) is 34.2 Å². The van der Waals surface area contributed by atoms with Crippen molar-refractivity contribution in [1.82, 2.24) is 0 Å². The molecule has 46 heavy (non-hydrogen) atoms. The summed E-state index contributed by atoms with van der Waals surface area (Å²) in [6.07, 6.45) is 24.5. The van der Waals surface area contributed by atoms with Crippen molar-refractivity contribution in [2.75, 3.05) is 61.1 Å². The van der Waals surface area contributed by atoms with Gasteiger partial charge < -0.3 is 39.5 Å². The molecule has 8 nitrogen and oxygen atoms in total. The van der Waals surface area contributed by atoms with Gasteiger partial charge in [-0.15, -0.1) is 0 Å². The molecule has 0 heterocycles. The van der Waals surface area contributed by atoms with E-state index in [2.05, 4.69) is 42.6 Å². The van der Waals surface area contributed by atoms with Crippen molar-refractivity contribution in [3.63, 3.8) is 0 Å². The summed E-state index contributed by atoms with van der Waals surface area (Å²) in [5.41, 5.74) is 6.86. The lowest BCUT2D eigenvalue weighted by molar-refractivity contribution is -0.380. The second-order valence-electron chi connectivity index (χ2n) is 12.3. The number of benzene rings is 1. The third-order valence-corrected chi connectivity index (χ3v) is 8.96. The molecule has 3 N–H and O–H groups in total. The summed E-state index contributed by atoms with van der Waals surface area (Å²) >= 11 is 0. The monoisotopic (exact) mass is 655 g/mol. The van der Waals surface area contributed by atoms with Gasteiger partial charge in [0.1, 0.15) is 0 Å². The molecule has 0 radical (unpaired) electrons. The van der Waals surface area contributed by atoms with Crippen molar-refractivity contribution in [2.24, 2.45) is 11.7 Å². The molecule has 0 aliphatic heterocycles. The summed E-state index contributed by atoms with van der Waals surface area (Å²) in [5.74, 6) is -1.54. The number of para-hydroxylation sites is 1. The van der Waals surface area contributed by atoms with Crippen LogP contribution in [0.4, 0.5) is 5.69 Å². The maximum atomic E-state index is 5.63. The fourth-order valence-electron chi connectivity index (χ4n) is 6.01. The first kappa shape index (κ1) is 44.7. The van der Waals surface area contributed by atoms with Gasteiger partial charge in [0.15, 0.2) is 0 Å². The number of rotatable bonds is 31. The van der Waals surface area contributed by atoms with E-state index < -0.39 is 11.9 Å². The van der Waals surface area contributed by atoms with Crippen LogP contribution in [0.3, 0.4) is 0 Å². The molecule has 0 fully saturated rings. The average molecular weight is 655 g/mol.